The third kappa shape index (κ3) is 2.01. The van der Waals surface area contributed by atoms with Crippen LogP contribution in [0, 0.1) is 0 Å². The molecule has 0 fully saturated rings. The van der Waals surface area contributed by atoms with E-state index in [0.29, 0.717) is 12.0 Å². The van der Waals surface area contributed by atoms with Gasteiger partial charge in [-0.05, 0) is 30.0 Å². The van der Waals surface area contributed by atoms with Crippen LogP contribution >= 0.6 is 0 Å². The Bertz CT molecular complexity index is 792. The van der Waals surface area contributed by atoms with Crippen LogP contribution in [0.5, 0.6) is 0 Å². The summed E-state index contributed by atoms with van der Waals surface area (Å²) in [5, 5.41) is 7.63. The summed E-state index contributed by atoms with van der Waals surface area (Å²) in [5.41, 5.74) is 3.66. The minimum absolute atomic E-state index is 0.318. The molecular formula is C16H17N5. The number of aryl methyl sites for hydroxylation is 1. The van der Waals surface area contributed by atoms with Crippen LogP contribution in [-0.2, 0) is 6.42 Å². The van der Waals surface area contributed by atoms with E-state index in [1.807, 2.05) is 19.3 Å². The Balaban J connectivity index is 1.73. The molecule has 3 aromatic rings. The lowest BCUT2D eigenvalue weighted by molar-refractivity contribution is 0.758. The number of aromatic nitrogens is 3. The highest BCUT2D eigenvalue weighted by atomic mass is 15.2. The second-order valence-corrected chi connectivity index (χ2v) is 5.32. The van der Waals surface area contributed by atoms with Crippen LogP contribution in [0.15, 0.2) is 36.5 Å². The fourth-order valence-corrected chi connectivity index (χ4v) is 3.04. The van der Waals surface area contributed by atoms with Crippen molar-refractivity contribution in [3.63, 3.8) is 0 Å². The molecule has 0 radical (unpaired) electrons. The first-order valence-electron chi connectivity index (χ1n) is 7.22. The largest absolute Gasteiger partial charge is 0.363 e. The Kier molecular flexibility index (Phi) is 2.77. The molecule has 0 saturated carbocycles. The lowest BCUT2D eigenvalue weighted by Crippen LogP contribution is -2.10. The molecule has 0 amide bonds. The first-order valence-corrected chi connectivity index (χ1v) is 7.22. The van der Waals surface area contributed by atoms with Crippen LogP contribution in [0.1, 0.15) is 23.6 Å². The molecule has 5 nitrogen and oxygen atoms in total. The highest BCUT2D eigenvalue weighted by molar-refractivity contribution is 5.88. The van der Waals surface area contributed by atoms with Crippen molar-refractivity contribution in [3.05, 3.63) is 47.7 Å². The molecule has 2 aromatic heterocycles. The van der Waals surface area contributed by atoms with Gasteiger partial charge in [0, 0.05) is 13.2 Å². The standard InChI is InChI=1S/C16H17N5/c1-17-16-20-14-12(8-9-18-14)15(21-16)19-13-7-6-10-4-2-3-5-11(10)13/h2-5,8-9,13H,6-7H2,1H3,(H3,17,18,19,20,21)/t13-/m1/s1. The Hall–Kier alpha value is -2.56. The van der Waals surface area contributed by atoms with Crippen molar-refractivity contribution in [1.82, 2.24) is 15.0 Å². The van der Waals surface area contributed by atoms with Gasteiger partial charge in [0.1, 0.15) is 11.5 Å². The van der Waals surface area contributed by atoms with Crippen LogP contribution in [-0.4, -0.2) is 22.0 Å². The van der Waals surface area contributed by atoms with Crippen LogP contribution in [0.4, 0.5) is 11.8 Å². The van der Waals surface area contributed by atoms with Crippen molar-refractivity contribution in [1.29, 1.82) is 0 Å². The van der Waals surface area contributed by atoms with E-state index in [1.54, 1.807) is 0 Å². The smallest absolute Gasteiger partial charge is 0.226 e. The normalized spacial score (nSPS) is 16.9. The van der Waals surface area contributed by atoms with E-state index in [1.165, 1.54) is 11.1 Å². The number of anilines is 2. The Morgan fingerprint density at radius 2 is 2.10 bits per heavy atom. The summed E-state index contributed by atoms with van der Waals surface area (Å²) in [7, 11) is 1.83. The molecule has 4 rings (SSSR count). The van der Waals surface area contributed by atoms with Crippen LogP contribution < -0.4 is 10.6 Å². The zero-order valence-electron chi connectivity index (χ0n) is 11.9. The van der Waals surface area contributed by atoms with Crippen LogP contribution in [0.2, 0.25) is 0 Å². The Labute approximate surface area is 122 Å². The van der Waals surface area contributed by atoms with Crippen LogP contribution in [0.3, 0.4) is 0 Å². The SMILES string of the molecule is CNc1nc(N[C@@H]2CCc3ccccc32)c2cc[nH]c2n1. The van der Waals surface area contributed by atoms with Gasteiger partial charge in [0.25, 0.3) is 0 Å². The highest BCUT2D eigenvalue weighted by Crippen LogP contribution is 2.34. The summed E-state index contributed by atoms with van der Waals surface area (Å²) in [5.74, 6) is 1.51. The van der Waals surface area contributed by atoms with E-state index in [0.717, 1.165) is 29.7 Å². The minimum atomic E-state index is 0.318. The number of nitrogens with one attached hydrogen (secondary N) is 3. The monoisotopic (exact) mass is 279 g/mol. The predicted molar refractivity (Wildman–Crippen MR) is 84.6 cm³/mol. The maximum Gasteiger partial charge on any atom is 0.226 e. The molecule has 106 valence electrons. The second-order valence-electron chi connectivity index (χ2n) is 5.32. The fraction of sp³-hybridized carbons (Fsp3) is 0.250. The maximum atomic E-state index is 4.57. The van der Waals surface area contributed by atoms with Crippen molar-refractivity contribution in [2.45, 2.75) is 18.9 Å². The van der Waals surface area contributed by atoms with Gasteiger partial charge in [-0.2, -0.15) is 9.97 Å². The number of hydrogen-bond donors (Lipinski definition) is 3. The molecule has 3 N–H and O–H groups in total. The molecule has 1 aliphatic carbocycles. The van der Waals surface area contributed by atoms with Crippen molar-refractivity contribution >= 4 is 22.8 Å². The molecule has 21 heavy (non-hydrogen) atoms. The van der Waals surface area contributed by atoms with Gasteiger partial charge in [-0.25, -0.2) is 0 Å². The number of nitrogens with zero attached hydrogens (tertiary/aromatic N) is 2. The van der Waals surface area contributed by atoms with Gasteiger partial charge in [0.2, 0.25) is 5.95 Å². The molecule has 0 saturated heterocycles. The number of rotatable bonds is 3. The molecule has 2 heterocycles. The van der Waals surface area contributed by atoms with E-state index in [9.17, 15) is 0 Å². The summed E-state index contributed by atoms with van der Waals surface area (Å²) in [6, 6.07) is 11.0. The lowest BCUT2D eigenvalue weighted by Gasteiger charge is -2.16. The van der Waals surface area contributed by atoms with E-state index in [4.69, 9.17) is 0 Å². The molecule has 5 heteroatoms. The molecule has 1 atom stereocenters. The van der Waals surface area contributed by atoms with Crippen molar-refractivity contribution < 1.29 is 0 Å². The number of benzene rings is 1. The van der Waals surface area contributed by atoms with Crippen molar-refractivity contribution in [2.24, 2.45) is 0 Å². The van der Waals surface area contributed by atoms with Crippen molar-refractivity contribution in [3.8, 4) is 0 Å². The lowest BCUT2D eigenvalue weighted by atomic mass is 10.1. The molecule has 1 aliphatic rings. The molecular weight excluding hydrogens is 262 g/mol. The highest BCUT2D eigenvalue weighted by Gasteiger charge is 2.23. The Morgan fingerprint density at radius 1 is 1.19 bits per heavy atom. The van der Waals surface area contributed by atoms with E-state index in [2.05, 4.69) is 49.9 Å². The first-order chi connectivity index (χ1) is 10.3. The molecule has 1 aromatic carbocycles. The van der Waals surface area contributed by atoms with E-state index < -0.39 is 0 Å². The number of aromatic amines is 1. The zero-order chi connectivity index (χ0) is 14.2. The predicted octanol–water partition coefficient (Wildman–Crippen LogP) is 3.10. The summed E-state index contributed by atoms with van der Waals surface area (Å²) in [4.78, 5) is 12.1. The van der Waals surface area contributed by atoms with Crippen molar-refractivity contribution in [2.75, 3.05) is 17.7 Å². The third-order valence-corrected chi connectivity index (χ3v) is 4.08. The summed E-state index contributed by atoms with van der Waals surface area (Å²) < 4.78 is 0. The zero-order valence-corrected chi connectivity index (χ0v) is 11.9. The summed E-state index contributed by atoms with van der Waals surface area (Å²) in [6.07, 6.45) is 4.12. The van der Waals surface area contributed by atoms with Gasteiger partial charge < -0.3 is 15.6 Å². The van der Waals surface area contributed by atoms with Gasteiger partial charge in [-0.15, -0.1) is 0 Å². The van der Waals surface area contributed by atoms with Crippen LogP contribution in [0.25, 0.3) is 11.0 Å². The first kappa shape index (κ1) is 12.2. The molecule has 0 spiro atoms. The minimum Gasteiger partial charge on any atom is -0.363 e. The van der Waals surface area contributed by atoms with Gasteiger partial charge in [-0.1, -0.05) is 24.3 Å². The number of fused-ring (bicyclic) bond motifs is 2. The average Bonchev–Trinajstić information content (AvgIpc) is 3.14. The number of H-pyrrole nitrogens is 1. The molecule has 0 bridgehead atoms. The topological polar surface area (TPSA) is 65.6 Å². The van der Waals surface area contributed by atoms with E-state index in [-0.39, 0.29) is 0 Å². The van der Waals surface area contributed by atoms with Gasteiger partial charge in [0.05, 0.1) is 11.4 Å². The maximum absolute atomic E-state index is 4.57. The average molecular weight is 279 g/mol. The van der Waals surface area contributed by atoms with Gasteiger partial charge >= 0.3 is 0 Å². The summed E-state index contributed by atoms with van der Waals surface area (Å²) >= 11 is 0. The molecule has 0 unspecified atom stereocenters. The second kappa shape index (κ2) is 4.77. The Morgan fingerprint density at radius 3 is 3.00 bits per heavy atom. The fourth-order valence-electron chi connectivity index (χ4n) is 3.04. The molecule has 0 aliphatic heterocycles. The van der Waals surface area contributed by atoms with Gasteiger partial charge in [-0.3, -0.25) is 0 Å². The summed E-state index contributed by atoms with van der Waals surface area (Å²) in [6.45, 7) is 0. The van der Waals surface area contributed by atoms with E-state index >= 15 is 0 Å². The van der Waals surface area contributed by atoms with Gasteiger partial charge in [0.15, 0.2) is 0 Å². The number of hydrogen-bond acceptors (Lipinski definition) is 4. The third-order valence-electron chi connectivity index (χ3n) is 4.08. The quantitative estimate of drug-likeness (QED) is 0.689.